The summed E-state index contributed by atoms with van der Waals surface area (Å²) in [5.41, 5.74) is 7.37. The van der Waals surface area contributed by atoms with E-state index in [9.17, 15) is 4.79 Å². The Labute approximate surface area is 235 Å². The van der Waals surface area contributed by atoms with Gasteiger partial charge in [0.2, 0.25) is 5.91 Å². The van der Waals surface area contributed by atoms with E-state index < -0.39 is 0 Å². The molecule has 2 N–H and O–H groups in total. The third kappa shape index (κ3) is 5.43. The normalized spacial score (nSPS) is 16.8. The van der Waals surface area contributed by atoms with Crippen molar-refractivity contribution < 1.29 is 4.79 Å². The van der Waals surface area contributed by atoms with E-state index in [1.165, 1.54) is 0 Å². The Hall–Kier alpha value is -4.04. The van der Waals surface area contributed by atoms with Gasteiger partial charge in [-0.1, -0.05) is 31.2 Å². The number of aryl methyl sites for hydroxylation is 3. The molecule has 1 aliphatic rings. The first-order valence-corrected chi connectivity index (χ1v) is 13.8. The van der Waals surface area contributed by atoms with Crippen molar-refractivity contribution in [1.82, 2.24) is 24.8 Å². The van der Waals surface area contributed by atoms with Gasteiger partial charge in [-0.15, -0.1) is 0 Å². The number of nitrogens with zero attached hydrogens (tertiary/aromatic N) is 4. The van der Waals surface area contributed by atoms with Gasteiger partial charge in [-0.2, -0.15) is 0 Å². The SMILES string of the molecule is CCc1ccccc1NC(=O)CCN1C(=S)N[C@H](c2ccccn2)[C@@H]1c1cc(C)n(-c2cc(C)ccn2)c1C. The maximum atomic E-state index is 13.1. The highest BCUT2D eigenvalue weighted by molar-refractivity contribution is 7.80. The molecule has 1 saturated heterocycles. The number of aromatic nitrogens is 3. The van der Waals surface area contributed by atoms with Crippen LogP contribution in [0.3, 0.4) is 0 Å². The molecule has 3 aromatic heterocycles. The first-order chi connectivity index (χ1) is 18.9. The molecule has 4 aromatic rings. The van der Waals surface area contributed by atoms with Crippen molar-refractivity contribution in [2.45, 2.75) is 52.6 Å². The molecule has 2 atom stereocenters. The monoisotopic (exact) mass is 538 g/mol. The van der Waals surface area contributed by atoms with Crippen molar-refractivity contribution in [2.24, 2.45) is 0 Å². The maximum Gasteiger partial charge on any atom is 0.226 e. The summed E-state index contributed by atoms with van der Waals surface area (Å²) in [5, 5.41) is 7.22. The predicted octanol–water partition coefficient (Wildman–Crippen LogP) is 5.76. The average molecular weight is 539 g/mol. The van der Waals surface area contributed by atoms with Crippen molar-refractivity contribution in [1.29, 1.82) is 0 Å². The number of para-hydroxylation sites is 1. The van der Waals surface area contributed by atoms with Gasteiger partial charge in [0.1, 0.15) is 5.82 Å². The minimum atomic E-state index is -0.151. The fraction of sp³-hybridized carbons (Fsp3) is 0.290. The minimum absolute atomic E-state index is 0.0341. The molecule has 5 rings (SSSR count). The van der Waals surface area contributed by atoms with Crippen molar-refractivity contribution >= 4 is 28.9 Å². The summed E-state index contributed by atoms with van der Waals surface area (Å²) in [6, 6.07) is 19.9. The largest absolute Gasteiger partial charge is 0.352 e. The van der Waals surface area contributed by atoms with Crippen LogP contribution in [0.15, 0.2) is 73.1 Å². The first kappa shape index (κ1) is 26.6. The molecule has 8 heteroatoms. The number of nitrogens with one attached hydrogen (secondary N) is 2. The van der Waals surface area contributed by atoms with Crippen molar-refractivity contribution in [2.75, 3.05) is 11.9 Å². The first-order valence-electron chi connectivity index (χ1n) is 13.3. The molecular formula is C31H34N6OS. The van der Waals surface area contributed by atoms with Gasteiger partial charge < -0.3 is 20.1 Å². The summed E-state index contributed by atoms with van der Waals surface area (Å²) in [7, 11) is 0. The van der Waals surface area contributed by atoms with E-state index in [2.05, 4.69) is 69.9 Å². The van der Waals surface area contributed by atoms with E-state index >= 15 is 0 Å². The van der Waals surface area contributed by atoms with E-state index in [4.69, 9.17) is 12.2 Å². The van der Waals surface area contributed by atoms with Crippen molar-refractivity contribution in [3.05, 3.63) is 107 Å². The lowest BCUT2D eigenvalue weighted by Crippen LogP contribution is -2.33. The highest BCUT2D eigenvalue weighted by Gasteiger charge is 2.41. The summed E-state index contributed by atoms with van der Waals surface area (Å²) in [4.78, 5) is 24.5. The van der Waals surface area contributed by atoms with Gasteiger partial charge in [-0.25, -0.2) is 4.98 Å². The Bertz CT molecular complexity index is 1500. The smallest absolute Gasteiger partial charge is 0.226 e. The van der Waals surface area contributed by atoms with Crippen LogP contribution in [0.1, 0.15) is 59.2 Å². The highest BCUT2D eigenvalue weighted by Crippen LogP contribution is 2.41. The molecule has 0 aliphatic carbocycles. The summed E-state index contributed by atoms with van der Waals surface area (Å²) in [5.74, 6) is 0.854. The molecule has 0 spiro atoms. The fourth-order valence-electron chi connectivity index (χ4n) is 5.45. The molecule has 1 amide bonds. The Balaban J connectivity index is 1.47. The van der Waals surface area contributed by atoms with Crippen LogP contribution >= 0.6 is 12.2 Å². The number of hydrogen-bond acceptors (Lipinski definition) is 4. The molecule has 4 heterocycles. The zero-order valence-corrected chi connectivity index (χ0v) is 23.6. The molecule has 1 fully saturated rings. The van der Waals surface area contributed by atoms with E-state index in [0.29, 0.717) is 18.1 Å². The average Bonchev–Trinajstić information content (AvgIpc) is 3.42. The number of hydrogen-bond donors (Lipinski definition) is 2. The number of anilines is 1. The summed E-state index contributed by atoms with van der Waals surface area (Å²) < 4.78 is 2.19. The second-order valence-electron chi connectivity index (χ2n) is 9.98. The number of amides is 1. The number of pyridine rings is 2. The van der Waals surface area contributed by atoms with Crippen LogP contribution in [-0.2, 0) is 11.2 Å². The van der Waals surface area contributed by atoms with E-state index in [-0.39, 0.29) is 18.0 Å². The van der Waals surface area contributed by atoms with Gasteiger partial charge in [-0.05, 0) is 92.5 Å². The third-order valence-electron chi connectivity index (χ3n) is 7.37. The molecule has 1 aromatic carbocycles. The van der Waals surface area contributed by atoms with Crippen LogP contribution in [0.4, 0.5) is 5.69 Å². The quantitative estimate of drug-likeness (QED) is 0.278. The van der Waals surface area contributed by atoms with Crippen LogP contribution in [0.25, 0.3) is 5.82 Å². The zero-order chi connectivity index (χ0) is 27.5. The maximum absolute atomic E-state index is 13.1. The fourth-order valence-corrected chi connectivity index (χ4v) is 5.78. The Morgan fingerprint density at radius 2 is 1.82 bits per heavy atom. The number of benzene rings is 1. The number of carbonyl (C=O) groups excluding carboxylic acids is 1. The summed E-state index contributed by atoms with van der Waals surface area (Å²) in [6.07, 6.45) is 4.81. The number of rotatable bonds is 8. The second-order valence-corrected chi connectivity index (χ2v) is 10.4. The number of thiocarbonyl (C=S) groups is 1. The predicted molar refractivity (Wildman–Crippen MR) is 159 cm³/mol. The molecule has 7 nitrogen and oxygen atoms in total. The second kappa shape index (κ2) is 11.4. The van der Waals surface area contributed by atoms with Crippen LogP contribution in [-0.4, -0.2) is 37.0 Å². The third-order valence-corrected chi connectivity index (χ3v) is 7.72. The Morgan fingerprint density at radius 1 is 1.03 bits per heavy atom. The van der Waals surface area contributed by atoms with Gasteiger partial charge in [0, 0.05) is 42.4 Å². The lowest BCUT2D eigenvalue weighted by atomic mass is 9.96. The molecule has 0 radical (unpaired) electrons. The Kier molecular flexibility index (Phi) is 7.74. The number of carbonyl (C=O) groups is 1. The van der Waals surface area contributed by atoms with Gasteiger partial charge in [0.05, 0.1) is 17.8 Å². The van der Waals surface area contributed by atoms with Gasteiger partial charge in [0.25, 0.3) is 0 Å². The van der Waals surface area contributed by atoms with E-state index in [0.717, 1.165) is 51.7 Å². The topological polar surface area (TPSA) is 75.1 Å². The molecule has 0 bridgehead atoms. The molecule has 0 unspecified atom stereocenters. The zero-order valence-electron chi connectivity index (χ0n) is 22.8. The molecule has 0 saturated carbocycles. The Morgan fingerprint density at radius 3 is 2.56 bits per heavy atom. The van der Waals surface area contributed by atoms with Crippen LogP contribution in [0.2, 0.25) is 0 Å². The van der Waals surface area contributed by atoms with Gasteiger partial charge in [0.15, 0.2) is 5.11 Å². The van der Waals surface area contributed by atoms with Crippen molar-refractivity contribution in [3.63, 3.8) is 0 Å². The minimum Gasteiger partial charge on any atom is -0.352 e. The lowest BCUT2D eigenvalue weighted by Gasteiger charge is -2.28. The van der Waals surface area contributed by atoms with Gasteiger partial charge in [-0.3, -0.25) is 9.78 Å². The van der Waals surface area contributed by atoms with Crippen LogP contribution in [0, 0.1) is 20.8 Å². The lowest BCUT2D eigenvalue weighted by molar-refractivity contribution is -0.116. The standard InChI is InChI=1S/C31H34N6OS/c1-5-23-10-6-7-11-25(23)34-28(38)14-17-36-30(29(35-31(36)39)26-12-8-9-15-32-26)24-19-21(3)37(22(24)4)27-18-20(2)13-16-33-27/h6-13,15-16,18-19,29-30H,5,14,17H2,1-4H3,(H,34,38)(H,35,39)/t29-,30+/m1/s1. The van der Waals surface area contributed by atoms with Crippen LogP contribution < -0.4 is 10.6 Å². The van der Waals surface area contributed by atoms with E-state index in [1.54, 1.807) is 6.20 Å². The van der Waals surface area contributed by atoms with Crippen molar-refractivity contribution in [3.8, 4) is 5.82 Å². The van der Waals surface area contributed by atoms with E-state index in [1.807, 2.05) is 54.7 Å². The molecular weight excluding hydrogens is 504 g/mol. The van der Waals surface area contributed by atoms with Crippen LogP contribution in [0.5, 0.6) is 0 Å². The summed E-state index contributed by atoms with van der Waals surface area (Å²) in [6.45, 7) is 8.86. The molecule has 200 valence electrons. The summed E-state index contributed by atoms with van der Waals surface area (Å²) >= 11 is 5.85. The molecule has 1 aliphatic heterocycles. The van der Waals surface area contributed by atoms with Gasteiger partial charge >= 0.3 is 0 Å². The highest BCUT2D eigenvalue weighted by atomic mass is 32.1. The molecule has 39 heavy (non-hydrogen) atoms.